The number of ether oxygens (including phenoxy) is 2. The maximum absolute atomic E-state index is 11.7. The van der Waals surface area contributed by atoms with Crippen LogP contribution in [0.2, 0.25) is 0 Å². The average Bonchev–Trinajstić information content (AvgIpc) is 3.11. The predicted molar refractivity (Wildman–Crippen MR) is 95.8 cm³/mol. The van der Waals surface area contributed by atoms with Gasteiger partial charge in [-0.25, -0.2) is 9.79 Å². The molecule has 132 valence electrons. The number of methoxy groups -OCH3 is 1. The van der Waals surface area contributed by atoms with Crippen LogP contribution in [0.3, 0.4) is 0 Å². The first-order valence-corrected chi connectivity index (χ1v) is 8.88. The minimum Gasteiger partial charge on any atom is -0.497 e. The number of nitrogens with one attached hydrogen (secondary N) is 1. The van der Waals surface area contributed by atoms with E-state index in [0.717, 1.165) is 35.0 Å². The van der Waals surface area contributed by atoms with Gasteiger partial charge in [-0.05, 0) is 48.4 Å². The average molecular weight is 360 g/mol. The third kappa shape index (κ3) is 4.45. The Morgan fingerprint density at radius 1 is 1.16 bits per heavy atom. The minimum absolute atomic E-state index is 0.301. The number of carbonyl (C=O) groups excluding carboxylic acids is 1. The van der Waals surface area contributed by atoms with Crippen LogP contribution in [0.5, 0.6) is 17.2 Å². The molecule has 2 aromatic carbocycles. The summed E-state index contributed by atoms with van der Waals surface area (Å²) in [6.07, 6.45) is 0.732. The molecule has 0 unspecified atom stereocenters. The van der Waals surface area contributed by atoms with E-state index in [1.165, 1.54) is 0 Å². The summed E-state index contributed by atoms with van der Waals surface area (Å²) < 4.78 is 12.9. The van der Waals surface area contributed by atoms with Crippen LogP contribution in [-0.2, 0) is 11.3 Å². The Labute approximate surface area is 150 Å². The first-order valence-electron chi connectivity index (χ1n) is 7.94. The summed E-state index contributed by atoms with van der Waals surface area (Å²) in [7, 11) is 1.63. The van der Waals surface area contributed by atoms with Gasteiger partial charge in [-0.2, -0.15) is 0 Å². The van der Waals surface area contributed by atoms with Crippen molar-refractivity contribution in [3.63, 3.8) is 0 Å². The van der Waals surface area contributed by atoms with E-state index in [1.54, 1.807) is 24.5 Å². The van der Waals surface area contributed by atoms with Crippen molar-refractivity contribution in [3.05, 3.63) is 54.1 Å². The van der Waals surface area contributed by atoms with Crippen LogP contribution in [-0.4, -0.2) is 34.3 Å². The summed E-state index contributed by atoms with van der Waals surface area (Å²) in [5, 5.41) is 8.83. The van der Waals surface area contributed by atoms with Crippen LogP contribution >= 0.6 is 11.9 Å². The minimum atomic E-state index is -0.357. The van der Waals surface area contributed by atoms with E-state index in [-0.39, 0.29) is 11.9 Å². The lowest BCUT2D eigenvalue weighted by Crippen LogP contribution is -2.39. The summed E-state index contributed by atoms with van der Waals surface area (Å²) >= 11 is 1.62. The summed E-state index contributed by atoms with van der Waals surface area (Å²) in [6, 6.07) is 14.9. The Kier molecular flexibility index (Phi) is 5.80. The number of hydroxylamine groups is 1. The monoisotopic (exact) mass is 360 g/mol. The predicted octanol–water partition coefficient (Wildman–Crippen LogP) is 3.22. The summed E-state index contributed by atoms with van der Waals surface area (Å²) in [5.74, 6) is 2.78. The first-order chi connectivity index (χ1) is 12.2. The molecule has 0 spiro atoms. The molecule has 1 amide bonds. The van der Waals surface area contributed by atoms with E-state index < -0.39 is 0 Å². The van der Waals surface area contributed by atoms with Gasteiger partial charge in [-0.15, -0.1) is 0 Å². The molecule has 2 N–H and O–H groups in total. The van der Waals surface area contributed by atoms with Crippen LogP contribution in [0.15, 0.2) is 48.5 Å². The fourth-order valence-corrected chi connectivity index (χ4v) is 3.82. The van der Waals surface area contributed by atoms with E-state index in [0.29, 0.717) is 6.54 Å². The number of benzene rings is 2. The van der Waals surface area contributed by atoms with Crippen LogP contribution in [0.1, 0.15) is 12.0 Å². The van der Waals surface area contributed by atoms with Gasteiger partial charge in [0.25, 0.3) is 5.91 Å². The summed E-state index contributed by atoms with van der Waals surface area (Å²) in [6.45, 7) is 0.631. The molecule has 0 radical (unpaired) electrons. The largest absolute Gasteiger partial charge is 0.497 e. The zero-order valence-corrected chi connectivity index (χ0v) is 14.7. The quantitative estimate of drug-likeness (QED) is 0.468. The second-order valence-corrected chi connectivity index (χ2v) is 6.75. The molecule has 6 nitrogen and oxygen atoms in total. The molecule has 7 heteroatoms. The van der Waals surface area contributed by atoms with Crippen LogP contribution in [0, 0.1) is 0 Å². The van der Waals surface area contributed by atoms with Gasteiger partial charge in [-0.3, -0.25) is 10.0 Å². The molecule has 25 heavy (non-hydrogen) atoms. The van der Waals surface area contributed by atoms with Crippen molar-refractivity contribution < 1.29 is 19.5 Å². The van der Waals surface area contributed by atoms with E-state index in [9.17, 15) is 4.79 Å². The Bertz CT molecular complexity index is 706. The molecule has 1 aliphatic heterocycles. The smallest absolute Gasteiger partial charge is 0.261 e. The van der Waals surface area contributed by atoms with Gasteiger partial charge in [0.05, 0.1) is 7.11 Å². The molecular weight excluding hydrogens is 340 g/mol. The standard InChI is InChI=1S/C18H20N2O4S/c1-23-14-6-8-16(9-7-14)24-15-4-2-13(3-5-15)12-20-17(10-11-25-20)18(21)19-22/h2-9,17,22H,10-12H2,1H3,(H,19,21)/t17-/m1/s1. The molecule has 0 bridgehead atoms. The van der Waals surface area contributed by atoms with Gasteiger partial charge in [0.15, 0.2) is 0 Å². The number of hydrogen-bond donors (Lipinski definition) is 2. The zero-order chi connectivity index (χ0) is 17.6. The first kappa shape index (κ1) is 17.6. The summed E-state index contributed by atoms with van der Waals surface area (Å²) in [4.78, 5) is 11.7. The van der Waals surface area contributed by atoms with Crippen LogP contribution in [0.4, 0.5) is 0 Å². The number of nitrogens with zero attached hydrogens (tertiary/aromatic N) is 1. The lowest BCUT2D eigenvalue weighted by Gasteiger charge is -2.21. The molecule has 1 aliphatic rings. The highest BCUT2D eigenvalue weighted by atomic mass is 32.2. The molecular formula is C18H20N2O4S. The maximum Gasteiger partial charge on any atom is 0.261 e. The molecule has 1 fully saturated rings. The summed E-state index contributed by atoms with van der Waals surface area (Å²) in [5.41, 5.74) is 2.82. The molecule has 1 atom stereocenters. The molecule has 0 aliphatic carbocycles. The van der Waals surface area contributed by atoms with Gasteiger partial charge in [0, 0.05) is 12.3 Å². The fraction of sp³-hybridized carbons (Fsp3) is 0.278. The van der Waals surface area contributed by atoms with Gasteiger partial charge >= 0.3 is 0 Å². The third-order valence-corrected chi connectivity index (χ3v) is 5.10. The van der Waals surface area contributed by atoms with Crippen LogP contribution in [0.25, 0.3) is 0 Å². The van der Waals surface area contributed by atoms with E-state index in [2.05, 4.69) is 0 Å². The van der Waals surface area contributed by atoms with Crippen molar-refractivity contribution in [3.8, 4) is 17.2 Å². The Balaban J connectivity index is 1.60. The normalized spacial score (nSPS) is 17.3. The highest BCUT2D eigenvalue weighted by Crippen LogP contribution is 2.30. The van der Waals surface area contributed by atoms with Gasteiger partial charge in [0.2, 0.25) is 0 Å². The Morgan fingerprint density at radius 3 is 2.36 bits per heavy atom. The number of carbonyl (C=O) groups is 1. The van der Waals surface area contributed by atoms with E-state index in [4.69, 9.17) is 14.7 Å². The maximum atomic E-state index is 11.7. The second-order valence-electron chi connectivity index (χ2n) is 5.61. The van der Waals surface area contributed by atoms with E-state index >= 15 is 0 Å². The van der Waals surface area contributed by atoms with Crippen molar-refractivity contribution in [1.29, 1.82) is 0 Å². The Hall–Kier alpha value is -2.22. The fourth-order valence-electron chi connectivity index (χ4n) is 2.63. The Morgan fingerprint density at radius 2 is 1.76 bits per heavy atom. The molecule has 1 heterocycles. The molecule has 1 saturated heterocycles. The lowest BCUT2D eigenvalue weighted by molar-refractivity contribution is -0.132. The zero-order valence-electron chi connectivity index (χ0n) is 13.8. The second kappa shape index (κ2) is 8.24. The highest BCUT2D eigenvalue weighted by molar-refractivity contribution is 7.97. The van der Waals surface area contributed by atoms with Gasteiger partial charge in [0.1, 0.15) is 23.3 Å². The number of amides is 1. The lowest BCUT2D eigenvalue weighted by atomic mass is 10.1. The number of hydrogen-bond acceptors (Lipinski definition) is 6. The van der Waals surface area contributed by atoms with Gasteiger partial charge < -0.3 is 9.47 Å². The van der Waals surface area contributed by atoms with Crippen molar-refractivity contribution in [2.75, 3.05) is 12.9 Å². The van der Waals surface area contributed by atoms with Gasteiger partial charge in [-0.1, -0.05) is 24.1 Å². The SMILES string of the molecule is COc1ccc(Oc2ccc(CN3SCC[C@@H]3C(=O)NO)cc2)cc1. The molecule has 0 saturated carbocycles. The molecule has 0 aromatic heterocycles. The van der Waals surface area contributed by atoms with Crippen molar-refractivity contribution in [1.82, 2.24) is 9.79 Å². The topological polar surface area (TPSA) is 71.0 Å². The van der Waals surface area contributed by atoms with Crippen molar-refractivity contribution >= 4 is 17.9 Å². The van der Waals surface area contributed by atoms with E-state index in [1.807, 2.05) is 52.8 Å². The number of rotatable bonds is 6. The highest BCUT2D eigenvalue weighted by Gasteiger charge is 2.31. The third-order valence-electron chi connectivity index (χ3n) is 3.97. The van der Waals surface area contributed by atoms with Crippen molar-refractivity contribution in [2.24, 2.45) is 0 Å². The van der Waals surface area contributed by atoms with Crippen LogP contribution < -0.4 is 15.0 Å². The molecule has 3 rings (SSSR count). The molecule has 2 aromatic rings. The van der Waals surface area contributed by atoms with Crippen molar-refractivity contribution in [2.45, 2.75) is 19.0 Å².